The zero-order chi connectivity index (χ0) is 13.2. The van der Waals surface area contributed by atoms with Crippen LogP contribution in [0.15, 0.2) is 30.5 Å². The normalized spacial score (nSPS) is 16.5. The molecule has 1 fully saturated rings. The molecule has 0 radical (unpaired) electrons. The highest BCUT2D eigenvalue weighted by molar-refractivity contribution is 5.95. The fourth-order valence-electron chi connectivity index (χ4n) is 2.65. The minimum absolute atomic E-state index is 0.306. The number of piperidine rings is 1. The monoisotopic (exact) mass is 252 g/mol. The summed E-state index contributed by atoms with van der Waals surface area (Å²) in [5, 5.41) is 11.2. The maximum absolute atomic E-state index is 9.17. The molecule has 0 spiro atoms. The van der Waals surface area contributed by atoms with Crippen LogP contribution in [0.5, 0.6) is 0 Å². The lowest BCUT2D eigenvalue weighted by molar-refractivity contribution is 0.499. The van der Waals surface area contributed by atoms with Gasteiger partial charge in [-0.05, 0) is 25.0 Å². The van der Waals surface area contributed by atoms with E-state index in [1.807, 2.05) is 24.3 Å². The molecule has 0 amide bonds. The van der Waals surface area contributed by atoms with Crippen molar-refractivity contribution in [3.8, 4) is 6.07 Å². The number of fused-ring (bicyclic) bond motifs is 1. The topological polar surface area (TPSA) is 65.9 Å². The Morgan fingerprint density at radius 3 is 2.74 bits per heavy atom. The Bertz CT molecular complexity index is 636. The number of nitriles is 1. The number of hydrogen-bond donors (Lipinski definition) is 1. The van der Waals surface area contributed by atoms with Gasteiger partial charge in [-0.15, -0.1) is 0 Å². The number of hydrogen-bond acceptors (Lipinski definition) is 4. The molecule has 3 rings (SSSR count). The second kappa shape index (κ2) is 4.87. The van der Waals surface area contributed by atoms with Crippen LogP contribution in [0, 0.1) is 11.3 Å². The van der Waals surface area contributed by atoms with Gasteiger partial charge in [0.1, 0.15) is 5.82 Å². The van der Waals surface area contributed by atoms with Crippen molar-refractivity contribution in [1.82, 2.24) is 4.98 Å². The van der Waals surface area contributed by atoms with E-state index in [4.69, 9.17) is 5.73 Å². The summed E-state index contributed by atoms with van der Waals surface area (Å²) in [4.78, 5) is 6.78. The van der Waals surface area contributed by atoms with E-state index >= 15 is 0 Å². The minimum atomic E-state index is 0.306. The van der Waals surface area contributed by atoms with Gasteiger partial charge in [0.05, 0.1) is 11.6 Å². The number of nitrogens with two attached hydrogens (primary N) is 1. The highest BCUT2D eigenvalue weighted by atomic mass is 15.2. The Morgan fingerprint density at radius 1 is 1.21 bits per heavy atom. The lowest BCUT2D eigenvalue weighted by Crippen LogP contribution is -2.40. The van der Waals surface area contributed by atoms with Gasteiger partial charge in [0.15, 0.2) is 0 Å². The van der Waals surface area contributed by atoms with Gasteiger partial charge in [-0.1, -0.05) is 12.1 Å². The second-order valence-corrected chi connectivity index (χ2v) is 4.97. The van der Waals surface area contributed by atoms with E-state index < -0.39 is 0 Å². The number of rotatable bonds is 1. The predicted octanol–water partition coefficient (Wildman–Crippen LogP) is 2.03. The SMILES string of the molecule is N#Cc1cccc2c(N3CCC(N)CC3)nccc12. The third-order valence-electron chi connectivity index (χ3n) is 3.74. The number of pyridine rings is 1. The lowest BCUT2D eigenvalue weighted by Gasteiger charge is -2.31. The van der Waals surface area contributed by atoms with E-state index in [-0.39, 0.29) is 0 Å². The molecule has 1 aromatic carbocycles. The van der Waals surface area contributed by atoms with Crippen LogP contribution in [0.3, 0.4) is 0 Å². The molecule has 0 unspecified atom stereocenters. The summed E-state index contributed by atoms with van der Waals surface area (Å²) in [6.45, 7) is 1.87. The number of nitrogens with zero attached hydrogens (tertiary/aromatic N) is 3. The van der Waals surface area contributed by atoms with Gasteiger partial charge in [-0.25, -0.2) is 4.98 Å². The molecular formula is C15H16N4. The molecule has 1 aliphatic heterocycles. The van der Waals surface area contributed by atoms with Gasteiger partial charge in [0.25, 0.3) is 0 Å². The average Bonchev–Trinajstić information content (AvgIpc) is 2.47. The highest BCUT2D eigenvalue weighted by Gasteiger charge is 2.19. The third kappa shape index (κ3) is 2.13. The molecule has 1 aliphatic rings. The van der Waals surface area contributed by atoms with E-state index in [2.05, 4.69) is 16.0 Å². The molecule has 19 heavy (non-hydrogen) atoms. The van der Waals surface area contributed by atoms with Crippen LogP contribution in [0.25, 0.3) is 10.8 Å². The van der Waals surface area contributed by atoms with Crippen molar-refractivity contribution >= 4 is 16.6 Å². The number of benzene rings is 1. The summed E-state index contributed by atoms with van der Waals surface area (Å²) in [5.41, 5.74) is 6.65. The van der Waals surface area contributed by atoms with Crippen molar-refractivity contribution in [1.29, 1.82) is 5.26 Å². The molecule has 4 heteroatoms. The molecular weight excluding hydrogens is 236 g/mol. The maximum Gasteiger partial charge on any atom is 0.136 e. The summed E-state index contributed by atoms with van der Waals surface area (Å²) < 4.78 is 0. The molecule has 96 valence electrons. The Morgan fingerprint density at radius 2 is 2.00 bits per heavy atom. The molecule has 4 nitrogen and oxygen atoms in total. The van der Waals surface area contributed by atoms with E-state index in [9.17, 15) is 5.26 Å². The fraction of sp³-hybridized carbons (Fsp3) is 0.333. The van der Waals surface area contributed by atoms with Crippen LogP contribution in [0.1, 0.15) is 18.4 Å². The van der Waals surface area contributed by atoms with Crippen molar-refractivity contribution in [3.05, 3.63) is 36.0 Å². The smallest absolute Gasteiger partial charge is 0.136 e. The number of anilines is 1. The molecule has 0 bridgehead atoms. The minimum Gasteiger partial charge on any atom is -0.356 e. The van der Waals surface area contributed by atoms with Gasteiger partial charge in [0.2, 0.25) is 0 Å². The maximum atomic E-state index is 9.17. The van der Waals surface area contributed by atoms with Gasteiger partial charge in [0, 0.05) is 36.1 Å². The first-order valence-corrected chi connectivity index (χ1v) is 6.58. The molecule has 2 aromatic rings. The molecule has 0 saturated carbocycles. The van der Waals surface area contributed by atoms with Crippen LogP contribution >= 0.6 is 0 Å². The summed E-state index contributed by atoms with van der Waals surface area (Å²) in [6, 6.07) is 10.3. The zero-order valence-corrected chi connectivity index (χ0v) is 10.7. The zero-order valence-electron chi connectivity index (χ0n) is 10.7. The van der Waals surface area contributed by atoms with Crippen molar-refractivity contribution in [3.63, 3.8) is 0 Å². The van der Waals surface area contributed by atoms with Crippen LogP contribution in [0.2, 0.25) is 0 Å². The van der Waals surface area contributed by atoms with E-state index in [0.717, 1.165) is 42.5 Å². The van der Waals surface area contributed by atoms with E-state index in [1.54, 1.807) is 6.20 Å². The molecule has 1 saturated heterocycles. The van der Waals surface area contributed by atoms with Crippen LogP contribution in [-0.4, -0.2) is 24.1 Å². The molecule has 1 aromatic heterocycles. The summed E-state index contributed by atoms with van der Waals surface area (Å²) in [7, 11) is 0. The largest absolute Gasteiger partial charge is 0.356 e. The Balaban J connectivity index is 2.07. The summed E-state index contributed by atoms with van der Waals surface area (Å²) >= 11 is 0. The van der Waals surface area contributed by atoms with Crippen molar-refractivity contribution in [2.45, 2.75) is 18.9 Å². The molecule has 0 atom stereocenters. The van der Waals surface area contributed by atoms with Crippen LogP contribution in [-0.2, 0) is 0 Å². The number of aromatic nitrogens is 1. The Hall–Kier alpha value is -2.12. The quantitative estimate of drug-likeness (QED) is 0.843. The van der Waals surface area contributed by atoms with Crippen molar-refractivity contribution in [2.24, 2.45) is 5.73 Å². The first kappa shape index (κ1) is 11.9. The van der Waals surface area contributed by atoms with Crippen molar-refractivity contribution < 1.29 is 0 Å². The Kier molecular flexibility index (Phi) is 3.06. The predicted molar refractivity (Wildman–Crippen MR) is 75.9 cm³/mol. The first-order chi connectivity index (χ1) is 9.29. The van der Waals surface area contributed by atoms with E-state index in [0.29, 0.717) is 11.6 Å². The van der Waals surface area contributed by atoms with Gasteiger partial charge >= 0.3 is 0 Å². The van der Waals surface area contributed by atoms with Crippen LogP contribution in [0.4, 0.5) is 5.82 Å². The van der Waals surface area contributed by atoms with Gasteiger partial charge in [-0.2, -0.15) is 5.26 Å². The van der Waals surface area contributed by atoms with Crippen molar-refractivity contribution in [2.75, 3.05) is 18.0 Å². The standard InChI is InChI=1S/C15H16N4/c16-10-11-2-1-3-14-13(11)4-7-18-15(14)19-8-5-12(17)6-9-19/h1-4,7,12H,5-6,8-9,17H2. The Labute approximate surface area is 112 Å². The van der Waals surface area contributed by atoms with E-state index in [1.165, 1.54) is 0 Å². The fourth-order valence-corrected chi connectivity index (χ4v) is 2.65. The lowest BCUT2D eigenvalue weighted by atomic mass is 10.0. The highest BCUT2D eigenvalue weighted by Crippen LogP contribution is 2.28. The summed E-state index contributed by atoms with van der Waals surface area (Å²) in [5.74, 6) is 0.974. The molecule has 2 heterocycles. The average molecular weight is 252 g/mol. The first-order valence-electron chi connectivity index (χ1n) is 6.58. The summed E-state index contributed by atoms with van der Waals surface area (Å²) in [6.07, 6.45) is 3.78. The van der Waals surface area contributed by atoms with Gasteiger partial charge < -0.3 is 10.6 Å². The third-order valence-corrected chi connectivity index (χ3v) is 3.74. The van der Waals surface area contributed by atoms with Gasteiger partial charge in [-0.3, -0.25) is 0 Å². The molecule has 0 aliphatic carbocycles. The molecule has 2 N–H and O–H groups in total. The van der Waals surface area contributed by atoms with Crippen LogP contribution < -0.4 is 10.6 Å². The second-order valence-electron chi connectivity index (χ2n) is 4.97.